The van der Waals surface area contributed by atoms with Crippen LogP contribution in [0.25, 0.3) is 10.9 Å². The van der Waals surface area contributed by atoms with Crippen molar-refractivity contribution in [3.05, 3.63) is 42.6 Å². The Morgan fingerprint density at radius 3 is 2.31 bits per heavy atom. The number of aromatic nitrogens is 1. The van der Waals surface area contributed by atoms with Crippen LogP contribution < -0.4 is 3.95 Å². The van der Waals surface area contributed by atoms with Gasteiger partial charge in [0.25, 0.3) is 0 Å². The quantitative estimate of drug-likeness (QED) is 0.600. The fourth-order valence-corrected chi connectivity index (χ4v) is 1.02. The summed E-state index contributed by atoms with van der Waals surface area (Å²) < 4.78 is 4.47. The number of benzene rings is 1. The molecule has 0 saturated carbocycles. The summed E-state index contributed by atoms with van der Waals surface area (Å²) in [6.07, 6.45) is 1.81. The molecule has 0 aliphatic heterocycles. The third kappa shape index (κ3) is 3.46. The van der Waals surface area contributed by atoms with Gasteiger partial charge in [0.05, 0.1) is 5.52 Å². The Morgan fingerprint density at radius 2 is 1.62 bits per heavy atom. The van der Waals surface area contributed by atoms with Gasteiger partial charge in [-0.1, -0.05) is 24.3 Å². The normalized spacial score (nSPS) is 8.15. The fraction of sp³-hybridized carbons (Fsp3) is 0. The molecule has 2 N–H and O–H groups in total. The van der Waals surface area contributed by atoms with Crippen LogP contribution in [0.5, 0.6) is 0 Å². The summed E-state index contributed by atoms with van der Waals surface area (Å²) in [5, 5.41) is 1.20. The van der Waals surface area contributed by atoms with E-state index in [4.69, 9.17) is 0 Å². The van der Waals surface area contributed by atoms with Crippen LogP contribution in [0.3, 0.4) is 0 Å². The molecular formula is C9H10ClIN2. The second kappa shape index (κ2) is 7.06. The number of halogens is 2. The number of hydrogen-bond acceptors (Lipinski definition) is 2. The van der Waals surface area contributed by atoms with E-state index >= 15 is 0 Å². The summed E-state index contributed by atoms with van der Waals surface area (Å²) in [6.45, 7) is 0. The van der Waals surface area contributed by atoms with Crippen LogP contribution in [0.4, 0.5) is 0 Å². The molecule has 2 nitrogen and oxygen atoms in total. The summed E-state index contributed by atoms with van der Waals surface area (Å²) >= 11 is 1.65. The van der Waals surface area contributed by atoms with Crippen molar-refractivity contribution < 1.29 is 0 Å². The van der Waals surface area contributed by atoms with E-state index in [1.807, 2.05) is 30.5 Å². The molecule has 0 atom stereocenters. The molecular weight excluding hydrogens is 298 g/mol. The van der Waals surface area contributed by atoms with Crippen molar-refractivity contribution >= 4 is 46.2 Å². The first-order chi connectivity index (χ1) is 5.97. The van der Waals surface area contributed by atoms with E-state index in [1.165, 1.54) is 5.39 Å². The van der Waals surface area contributed by atoms with Crippen LogP contribution in [-0.2, 0) is 0 Å². The summed E-state index contributed by atoms with van der Waals surface area (Å²) in [6, 6.07) is 12.1. The van der Waals surface area contributed by atoms with E-state index in [0.29, 0.717) is 0 Å². The molecule has 0 aliphatic carbocycles. The summed E-state index contributed by atoms with van der Waals surface area (Å²) in [5.74, 6) is 0. The van der Waals surface area contributed by atoms with Gasteiger partial charge in [0.1, 0.15) is 0 Å². The highest BCUT2D eigenvalue weighted by Crippen LogP contribution is 2.07. The predicted molar refractivity (Wildman–Crippen MR) is 67.2 cm³/mol. The number of hydrogen-bond donors (Lipinski definition) is 1. The van der Waals surface area contributed by atoms with Crippen molar-refractivity contribution in [2.45, 2.75) is 0 Å². The summed E-state index contributed by atoms with van der Waals surface area (Å²) in [5.41, 5.74) is 1.06. The van der Waals surface area contributed by atoms with Crippen LogP contribution in [0, 0.1) is 0 Å². The maximum absolute atomic E-state index is 4.47. The third-order valence-electron chi connectivity index (χ3n) is 1.51. The number of pyridine rings is 1. The van der Waals surface area contributed by atoms with E-state index < -0.39 is 0 Å². The van der Waals surface area contributed by atoms with Crippen molar-refractivity contribution in [3.8, 4) is 0 Å². The minimum absolute atomic E-state index is 0. The molecule has 0 fully saturated rings. The first-order valence-electron chi connectivity index (χ1n) is 3.48. The number of fused-ring (bicyclic) bond motifs is 1. The van der Waals surface area contributed by atoms with Crippen LogP contribution in [-0.4, -0.2) is 4.98 Å². The maximum Gasteiger partial charge on any atom is 0.0701 e. The SMILES string of the molecule is Cl.NI.c1ccc2ncccc2c1. The van der Waals surface area contributed by atoms with Gasteiger partial charge in [-0.2, -0.15) is 0 Å². The molecule has 0 radical (unpaired) electrons. The summed E-state index contributed by atoms with van der Waals surface area (Å²) in [7, 11) is 0. The monoisotopic (exact) mass is 308 g/mol. The lowest BCUT2D eigenvalue weighted by atomic mass is 10.2. The lowest BCUT2D eigenvalue weighted by molar-refractivity contribution is 1.41. The number of para-hydroxylation sites is 1. The molecule has 0 bridgehead atoms. The Bertz CT molecular complexity index is 289. The third-order valence-corrected chi connectivity index (χ3v) is 1.51. The van der Waals surface area contributed by atoms with Crippen LogP contribution in [0.15, 0.2) is 42.6 Å². The average Bonchev–Trinajstić information content (AvgIpc) is 2.21. The second-order valence-electron chi connectivity index (χ2n) is 2.20. The van der Waals surface area contributed by atoms with Crippen LogP contribution in [0.2, 0.25) is 0 Å². The fourth-order valence-electron chi connectivity index (χ4n) is 1.02. The molecule has 1 aromatic carbocycles. The van der Waals surface area contributed by atoms with E-state index in [9.17, 15) is 0 Å². The zero-order chi connectivity index (χ0) is 8.81. The molecule has 4 heteroatoms. The van der Waals surface area contributed by atoms with E-state index in [-0.39, 0.29) is 12.4 Å². The first-order valence-corrected chi connectivity index (χ1v) is 4.73. The van der Waals surface area contributed by atoms with Gasteiger partial charge in [-0.3, -0.25) is 8.93 Å². The Balaban J connectivity index is 0.000000451. The largest absolute Gasteiger partial charge is 0.275 e. The Hall–Kier alpha value is -0.390. The molecule has 13 heavy (non-hydrogen) atoms. The van der Waals surface area contributed by atoms with Crippen molar-refractivity contribution in [1.29, 1.82) is 0 Å². The number of nitrogens with two attached hydrogens (primary N) is 1. The van der Waals surface area contributed by atoms with E-state index in [2.05, 4.69) is 21.1 Å². The van der Waals surface area contributed by atoms with Gasteiger partial charge in [0, 0.05) is 34.4 Å². The second-order valence-corrected chi connectivity index (χ2v) is 2.20. The van der Waals surface area contributed by atoms with Crippen LogP contribution in [0.1, 0.15) is 0 Å². The summed E-state index contributed by atoms with van der Waals surface area (Å²) in [4.78, 5) is 4.18. The topological polar surface area (TPSA) is 38.9 Å². The van der Waals surface area contributed by atoms with Gasteiger partial charge in [-0.15, -0.1) is 12.4 Å². The molecule has 0 aliphatic rings. The Kier molecular flexibility index (Phi) is 6.84. The van der Waals surface area contributed by atoms with Crippen molar-refractivity contribution in [2.75, 3.05) is 0 Å². The number of nitrogens with zero attached hydrogens (tertiary/aromatic N) is 1. The highest BCUT2D eigenvalue weighted by atomic mass is 127. The molecule has 1 heterocycles. The van der Waals surface area contributed by atoms with Crippen molar-refractivity contribution in [3.63, 3.8) is 0 Å². The molecule has 0 spiro atoms. The van der Waals surface area contributed by atoms with Crippen LogP contribution >= 0.6 is 35.3 Å². The van der Waals surface area contributed by atoms with E-state index in [1.54, 1.807) is 22.9 Å². The van der Waals surface area contributed by atoms with Gasteiger partial charge >= 0.3 is 0 Å². The minimum atomic E-state index is 0. The number of rotatable bonds is 0. The average molecular weight is 309 g/mol. The molecule has 0 saturated heterocycles. The van der Waals surface area contributed by atoms with Crippen molar-refractivity contribution in [2.24, 2.45) is 3.95 Å². The molecule has 2 rings (SSSR count). The van der Waals surface area contributed by atoms with Gasteiger partial charge in [-0.25, -0.2) is 0 Å². The molecule has 1 aromatic heterocycles. The zero-order valence-electron chi connectivity index (χ0n) is 6.85. The smallest absolute Gasteiger partial charge is 0.0701 e. The van der Waals surface area contributed by atoms with Gasteiger partial charge in [-0.05, 0) is 12.1 Å². The highest BCUT2D eigenvalue weighted by molar-refractivity contribution is 14.1. The first kappa shape index (κ1) is 12.6. The Labute approximate surface area is 97.4 Å². The van der Waals surface area contributed by atoms with Gasteiger partial charge in [0.2, 0.25) is 0 Å². The molecule has 0 amide bonds. The molecule has 0 unspecified atom stereocenters. The zero-order valence-corrected chi connectivity index (χ0v) is 9.83. The lowest BCUT2D eigenvalue weighted by Crippen LogP contribution is -1.73. The molecule has 70 valence electrons. The van der Waals surface area contributed by atoms with Crippen molar-refractivity contribution in [1.82, 2.24) is 4.98 Å². The standard InChI is InChI=1S/C9H7N.ClH.H2IN/c1-2-6-9-8(4-1)5-3-7-10-9;;1-2/h1-7H;1H;2H2. The van der Waals surface area contributed by atoms with Gasteiger partial charge in [0.15, 0.2) is 0 Å². The minimum Gasteiger partial charge on any atom is -0.275 e. The highest BCUT2D eigenvalue weighted by Gasteiger charge is 1.86. The predicted octanol–water partition coefficient (Wildman–Crippen LogP) is 2.95. The van der Waals surface area contributed by atoms with Gasteiger partial charge < -0.3 is 0 Å². The Morgan fingerprint density at radius 1 is 1.00 bits per heavy atom. The molecule has 2 aromatic rings. The maximum atomic E-state index is 4.47. The lowest BCUT2D eigenvalue weighted by Gasteiger charge is -1.91. The van der Waals surface area contributed by atoms with E-state index in [0.717, 1.165) is 5.52 Å².